The van der Waals surface area contributed by atoms with Gasteiger partial charge in [0.05, 0.1) is 32.9 Å². The third-order valence-electron chi connectivity index (χ3n) is 4.34. The lowest BCUT2D eigenvalue weighted by Crippen LogP contribution is -2.49. The SMILES string of the molecule is COc1ccc2nc(CN3CCN(c4cccc[n+]4[O-])CC3)sc2n1. The predicted molar refractivity (Wildman–Crippen MR) is 96.9 cm³/mol. The van der Waals surface area contributed by atoms with E-state index >= 15 is 0 Å². The molecule has 1 saturated heterocycles. The van der Waals surface area contributed by atoms with Gasteiger partial charge in [-0.05, 0) is 12.1 Å². The third-order valence-corrected chi connectivity index (χ3v) is 5.29. The van der Waals surface area contributed by atoms with Crippen molar-refractivity contribution in [2.45, 2.75) is 6.54 Å². The fourth-order valence-electron chi connectivity index (χ4n) is 3.02. The molecule has 0 amide bonds. The molecular formula is C17H19N5O2S. The van der Waals surface area contributed by atoms with Gasteiger partial charge in [-0.2, -0.15) is 0 Å². The van der Waals surface area contributed by atoms with Gasteiger partial charge < -0.3 is 9.94 Å². The van der Waals surface area contributed by atoms with E-state index in [2.05, 4.69) is 19.8 Å². The first-order chi connectivity index (χ1) is 12.2. The second kappa shape index (κ2) is 6.81. The summed E-state index contributed by atoms with van der Waals surface area (Å²) in [6.07, 6.45) is 1.55. The lowest BCUT2D eigenvalue weighted by atomic mass is 10.3. The Morgan fingerprint density at radius 2 is 2.00 bits per heavy atom. The number of ether oxygens (including phenoxy) is 1. The summed E-state index contributed by atoms with van der Waals surface area (Å²) in [4.78, 5) is 14.5. The maximum atomic E-state index is 11.9. The van der Waals surface area contributed by atoms with Crippen molar-refractivity contribution in [3.63, 3.8) is 0 Å². The van der Waals surface area contributed by atoms with Crippen LogP contribution in [0.2, 0.25) is 0 Å². The lowest BCUT2D eigenvalue weighted by Gasteiger charge is -2.31. The van der Waals surface area contributed by atoms with Crippen LogP contribution >= 0.6 is 11.3 Å². The van der Waals surface area contributed by atoms with Gasteiger partial charge in [0.2, 0.25) is 5.88 Å². The van der Waals surface area contributed by atoms with Gasteiger partial charge in [0, 0.05) is 25.2 Å². The van der Waals surface area contributed by atoms with Gasteiger partial charge in [-0.25, -0.2) is 14.7 Å². The quantitative estimate of drug-likeness (QED) is 0.522. The Labute approximate surface area is 149 Å². The van der Waals surface area contributed by atoms with Crippen molar-refractivity contribution in [1.82, 2.24) is 14.9 Å². The summed E-state index contributed by atoms with van der Waals surface area (Å²) in [5, 5.41) is 12.9. The number of thiazole rings is 1. The highest BCUT2D eigenvalue weighted by Crippen LogP contribution is 2.24. The van der Waals surface area contributed by atoms with Crippen molar-refractivity contribution >= 4 is 27.5 Å². The molecule has 0 N–H and O–H groups in total. The Hall–Kier alpha value is -2.45. The fraction of sp³-hybridized carbons (Fsp3) is 0.353. The maximum Gasteiger partial charge on any atom is 0.279 e. The molecule has 25 heavy (non-hydrogen) atoms. The van der Waals surface area contributed by atoms with E-state index in [1.54, 1.807) is 30.7 Å². The number of nitrogens with zero attached hydrogens (tertiary/aromatic N) is 5. The number of rotatable bonds is 4. The molecule has 0 aromatic carbocycles. The van der Waals surface area contributed by atoms with E-state index in [4.69, 9.17) is 4.74 Å². The molecule has 0 atom stereocenters. The summed E-state index contributed by atoms with van der Waals surface area (Å²) in [7, 11) is 1.62. The maximum absolute atomic E-state index is 11.9. The highest BCUT2D eigenvalue weighted by Gasteiger charge is 2.24. The van der Waals surface area contributed by atoms with E-state index in [0.717, 1.165) is 58.6 Å². The second-order valence-corrected chi connectivity index (χ2v) is 7.00. The zero-order valence-corrected chi connectivity index (χ0v) is 14.8. The summed E-state index contributed by atoms with van der Waals surface area (Å²) in [5.41, 5.74) is 0.913. The van der Waals surface area contributed by atoms with E-state index in [1.807, 2.05) is 24.3 Å². The molecule has 7 nitrogen and oxygen atoms in total. The van der Waals surface area contributed by atoms with E-state index in [9.17, 15) is 5.21 Å². The summed E-state index contributed by atoms with van der Waals surface area (Å²) >= 11 is 1.61. The van der Waals surface area contributed by atoms with Crippen LogP contribution in [0.1, 0.15) is 5.01 Å². The van der Waals surface area contributed by atoms with Crippen LogP contribution in [0.15, 0.2) is 36.5 Å². The summed E-state index contributed by atoms with van der Waals surface area (Å²) in [6, 6.07) is 9.31. The minimum absolute atomic E-state index is 0.616. The first-order valence-electron chi connectivity index (χ1n) is 8.19. The Bertz CT molecular complexity index is 876. The molecule has 8 heteroatoms. The lowest BCUT2D eigenvalue weighted by molar-refractivity contribution is -0.592. The van der Waals surface area contributed by atoms with Gasteiger partial charge in [0.15, 0.2) is 0 Å². The van der Waals surface area contributed by atoms with Crippen LogP contribution in [0, 0.1) is 5.21 Å². The molecule has 3 aromatic heterocycles. The van der Waals surface area contributed by atoms with E-state index in [0.29, 0.717) is 5.88 Å². The zero-order chi connectivity index (χ0) is 17.2. The molecule has 1 fully saturated rings. The summed E-state index contributed by atoms with van der Waals surface area (Å²) < 4.78 is 6.10. The number of anilines is 1. The molecule has 130 valence electrons. The van der Waals surface area contributed by atoms with Crippen LogP contribution in [0.5, 0.6) is 5.88 Å². The number of methoxy groups -OCH3 is 1. The number of piperazine rings is 1. The Morgan fingerprint density at radius 3 is 2.76 bits per heavy atom. The standard InChI is InChI=1S/C17H19N5O2S/c1-24-14-6-5-13-17(19-14)25-15(18-13)12-20-8-10-21(11-9-20)16-4-2-3-7-22(16)23/h2-7H,8-12H2,1H3. The van der Waals surface area contributed by atoms with Crippen LogP contribution < -0.4 is 14.4 Å². The van der Waals surface area contributed by atoms with Crippen molar-refractivity contribution in [3.8, 4) is 5.88 Å². The smallest absolute Gasteiger partial charge is 0.279 e. The monoisotopic (exact) mass is 357 g/mol. The molecule has 0 unspecified atom stereocenters. The second-order valence-electron chi connectivity index (χ2n) is 5.93. The molecule has 0 aliphatic carbocycles. The van der Waals surface area contributed by atoms with E-state index < -0.39 is 0 Å². The van der Waals surface area contributed by atoms with Crippen LogP contribution in [-0.2, 0) is 6.54 Å². The molecule has 4 rings (SSSR count). The van der Waals surface area contributed by atoms with Gasteiger partial charge >= 0.3 is 0 Å². The van der Waals surface area contributed by atoms with Crippen molar-refractivity contribution in [3.05, 3.63) is 46.7 Å². The molecular weight excluding hydrogens is 338 g/mol. The number of pyridine rings is 2. The van der Waals surface area contributed by atoms with E-state index in [1.165, 1.54) is 0 Å². The van der Waals surface area contributed by atoms with Crippen molar-refractivity contribution in [2.75, 3.05) is 38.2 Å². The Balaban J connectivity index is 1.41. The normalized spacial score (nSPS) is 15.6. The molecule has 0 saturated carbocycles. The molecule has 4 heterocycles. The fourth-order valence-corrected chi connectivity index (χ4v) is 3.99. The highest BCUT2D eigenvalue weighted by atomic mass is 32.1. The van der Waals surface area contributed by atoms with Gasteiger partial charge in [0.1, 0.15) is 15.4 Å². The van der Waals surface area contributed by atoms with Gasteiger partial charge in [-0.15, -0.1) is 0 Å². The van der Waals surface area contributed by atoms with Crippen LogP contribution in [0.3, 0.4) is 0 Å². The average Bonchev–Trinajstić information content (AvgIpc) is 3.04. The Morgan fingerprint density at radius 1 is 1.16 bits per heavy atom. The molecule has 3 aromatic rings. The predicted octanol–water partition coefficient (Wildman–Crippen LogP) is 1.66. The summed E-state index contributed by atoms with van der Waals surface area (Å²) in [6.45, 7) is 4.29. The van der Waals surface area contributed by atoms with Crippen molar-refractivity contribution < 1.29 is 9.47 Å². The average molecular weight is 357 g/mol. The number of hydrogen-bond donors (Lipinski definition) is 0. The molecule has 0 bridgehead atoms. The first kappa shape index (κ1) is 16.0. The Kier molecular flexibility index (Phi) is 4.37. The zero-order valence-electron chi connectivity index (χ0n) is 14.0. The van der Waals surface area contributed by atoms with Gasteiger partial charge in [-0.1, -0.05) is 17.4 Å². The van der Waals surface area contributed by atoms with Crippen LogP contribution in [0.25, 0.3) is 10.3 Å². The molecule has 0 spiro atoms. The molecule has 0 radical (unpaired) electrons. The minimum Gasteiger partial charge on any atom is -0.711 e. The molecule has 1 aliphatic rings. The van der Waals surface area contributed by atoms with Crippen LogP contribution in [-0.4, -0.2) is 48.2 Å². The first-order valence-corrected chi connectivity index (χ1v) is 9.00. The number of hydrogen-bond acceptors (Lipinski definition) is 7. The van der Waals surface area contributed by atoms with Gasteiger partial charge in [-0.3, -0.25) is 9.80 Å². The number of fused-ring (bicyclic) bond motifs is 1. The largest absolute Gasteiger partial charge is 0.711 e. The van der Waals surface area contributed by atoms with Crippen LogP contribution in [0.4, 0.5) is 5.82 Å². The topological polar surface area (TPSA) is 68.4 Å². The molecule has 1 aliphatic heterocycles. The number of aromatic nitrogens is 3. The van der Waals surface area contributed by atoms with Crippen molar-refractivity contribution in [1.29, 1.82) is 0 Å². The third kappa shape index (κ3) is 3.35. The summed E-state index contributed by atoms with van der Waals surface area (Å²) in [5.74, 6) is 1.34. The van der Waals surface area contributed by atoms with Crippen molar-refractivity contribution in [2.24, 2.45) is 0 Å². The van der Waals surface area contributed by atoms with E-state index in [-0.39, 0.29) is 0 Å². The van der Waals surface area contributed by atoms with Gasteiger partial charge in [0.25, 0.3) is 5.82 Å². The minimum atomic E-state index is 0.616. The highest BCUT2D eigenvalue weighted by molar-refractivity contribution is 7.18.